The quantitative estimate of drug-likeness (QED) is 0.414. The molecular formula is C27H24N2O4. The highest BCUT2D eigenvalue weighted by atomic mass is 16.5. The van der Waals surface area contributed by atoms with Crippen molar-refractivity contribution in [1.29, 1.82) is 0 Å². The summed E-state index contributed by atoms with van der Waals surface area (Å²) in [7, 11) is 1.62. The number of hydrogen-bond donors (Lipinski definition) is 0. The van der Waals surface area contributed by atoms with Gasteiger partial charge in [-0.25, -0.2) is 4.98 Å². The minimum atomic E-state index is -0.928. The van der Waals surface area contributed by atoms with E-state index in [9.17, 15) is 4.79 Å². The maximum Gasteiger partial charge on any atom is 0.210 e. The third kappa shape index (κ3) is 3.96. The lowest BCUT2D eigenvalue weighted by atomic mass is 9.92. The molecule has 6 heteroatoms. The van der Waals surface area contributed by atoms with Crippen molar-refractivity contribution >= 4 is 22.8 Å². The van der Waals surface area contributed by atoms with Gasteiger partial charge in [-0.05, 0) is 67.9 Å². The van der Waals surface area contributed by atoms with E-state index in [1.165, 1.54) is 0 Å². The molecule has 2 aromatic heterocycles. The highest BCUT2D eigenvalue weighted by Gasteiger charge is 2.42. The van der Waals surface area contributed by atoms with Gasteiger partial charge in [0.25, 0.3) is 0 Å². The number of carbonyl (C=O) groups is 1. The molecule has 1 aliphatic rings. The molecule has 0 N–H and O–H groups in total. The fourth-order valence-electron chi connectivity index (χ4n) is 3.90. The second-order valence-corrected chi connectivity index (χ2v) is 8.39. The molecule has 1 aliphatic heterocycles. The molecule has 0 saturated heterocycles. The lowest BCUT2D eigenvalue weighted by Gasteiger charge is -2.17. The van der Waals surface area contributed by atoms with Crippen LogP contribution in [0, 0.1) is 0 Å². The average Bonchev–Trinajstić information content (AvgIpc) is 3.36. The van der Waals surface area contributed by atoms with E-state index in [0.717, 1.165) is 28.2 Å². The van der Waals surface area contributed by atoms with Gasteiger partial charge < -0.3 is 18.6 Å². The molecule has 6 nitrogen and oxygen atoms in total. The normalized spacial score (nSPS) is 15.1. The van der Waals surface area contributed by atoms with Gasteiger partial charge in [-0.15, -0.1) is 0 Å². The minimum Gasteiger partial charge on any atom is -0.497 e. The SMILES string of the molecule is COc1ccc(C2=C(c3ccc(OCc4cn5ccccc5n4)cc3)C(=O)C(C)(C)O2)cc1. The Morgan fingerprint density at radius 3 is 2.33 bits per heavy atom. The molecule has 0 spiro atoms. The molecule has 4 aromatic rings. The van der Waals surface area contributed by atoms with Gasteiger partial charge in [0, 0.05) is 18.0 Å². The number of rotatable bonds is 6. The van der Waals surface area contributed by atoms with Gasteiger partial charge >= 0.3 is 0 Å². The standard InChI is InChI=1S/C27H24N2O4/c1-27(2)26(30)24(25(33-27)19-9-11-21(31-3)12-10-19)18-7-13-22(14-8-18)32-17-20-16-29-15-5-4-6-23(29)28-20/h4-16H,17H2,1-3H3. The molecule has 0 amide bonds. The second-order valence-electron chi connectivity index (χ2n) is 8.39. The lowest BCUT2D eigenvalue weighted by Crippen LogP contribution is -2.29. The fourth-order valence-corrected chi connectivity index (χ4v) is 3.90. The number of Topliss-reactive ketones (excluding diaryl/α,β-unsaturated/α-hetero) is 1. The van der Waals surface area contributed by atoms with Crippen LogP contribution in [0.25, 0.3) is 17.0 Å². The van der Waals surface area contributed by atoms with Crippen LogP contribution in [0.4, 0.5) is 0 Å². The van der Waals surface area contributed by atoms with Crippen molar-refractivity contribution in [2.45, 2.75) is 26.1 Å². The van der Waals surface area contributed by atoms with Gasteiger partial charge in [0.05, 0.1) is 18.4 Å². The molecule has 2 aromatic carbocycles. The van der Waals surface area contributed by atoms with Crippen LogP contribution in [-0.4, -0.2) is 27.9 Å². The van der Waals surface area contributed by atoms with Crippen molar-refractivity contribution in [3.63, 3.8) is 0 Å². The van der Waals surface area contributed by atoms with E-state index in [1.54, 1.807) is 21.0 Å². The van der Waals surface area contributed by atoms with Crippen molar-refractivity contribution in [3.8, 4) is 11.5 Å². The first-order valence-corrected chi connectivity index (χ1v) is 10.7. The molecule has 0 atom stereocenters. The van der Waals surface area contributed by atoms with Crippen LogP contribution in [-0.2, 0) is 16.1 Å². The first-order chi connectivity index (χ1) is 15.9. The minimum absolute atomic E-state index is 0.0494. The maximum atomic E-state index is 13.2. The van der Waals surface area contributed by atoms with Gasteiger partial charge in [-0.1, -0.05) is 18.2 Å². The number of fused-ring (bicyclic) bond motifs is 1. The monoisotopic (exact) mass is 440 g/mol. The summed E-state index contributed by atoms with van der Waals surface area (Å²) in [5.74, 6) is 1.97. The summed E-state index contributed by atoms with van der Waals surface area (Å²) in [5.41, 5.74) is 2.98. The Kier molecular flexibility index (Phi) is 5.13. The highest BCUT2D eigenvalue weighted by Crippen LogP contribution is 2.41. The molecule has 5 rings (SSSR count). The largest absolute Gasteiger partial charge is 0.497 e. The number of ether oxygens (including phenoxy) is 3. The Morgan fingerprint density at radius 2 is 1.64 bits per heavy atom. The van der Waals surface area contributed by atoms with Gasteiger partial charge in [0.1, 0.15) is 29.5 Å². The Bertz CT molecular complexity index is 1320. The van der Waals surface area contributed by atoms with Crippen molar-refractivity contribution in [1.82, 2.24) is 9.38 Å². The summed E-state index contributed by atoms with van der Waals surface area (Å²) in [5, 5.41) is 0. The summed E-state index contributed by atoms with van der Waals surface area (Å²) in [6.07, 6.45) is 3.91. The van der Waals surface area contributed by atoms with E-state index >= 15 is 0 Å². The number of benzene rings is 2. The number of methoxy groups -OCH3 is 1. The van der Waals surface area contributed by atoms with Gasteiger partial charge in [0.15, 0.2) is 5.60 Å². The maximum absolute atomic E-state index is 13.2. The molecule has 0 radical (unpaired) electrons. The van der Waals surface area contributed by atoms with Crippen LogP contribution in [0.5, 0.6) is 11.5 Å². The zero-order chi connectivity index (χ0) is 23.0. The van der Waals surface area contributed by atoms with E-state index < -0.39 is 5.60 Å². The van der Waals surface area contributed by atoms with Crippen LogP contribution in [0.3, 0.4) is 0 Å². The molecule has 0 aliphatic carbocycles. The molecule has 33 heavy (non-hydrogen) atoms. The number of pyridine rings is 1. The van der Waals surface area contributed by atoms with Crippen LogP contribution in [0.2, 0.25) is 0 Å². The van der Waals surface area contributed by atoms with Gasteiger partial charge in [0.2, 0.25) is 5.78 Å². The topological polar surface area (TPSA) is 62.1 Å². The van der Waals surface area contributed by atoms with Gasteiger partial charge in [-0.2, -0.15) is 0 Å². The number of carbonyl (C=O) groups excluding carboxylic acids is 1. The molecular weight excluding hydrogens is 416 g/mol. The zero-order valence-electron chi connectivity index (χ0n) is 18.7. The summed E-state index contributed by atoms with van der Waals surface area (Å²) in [4.78, 5) is 17.7. The Hall–Kier alpha value is -4.06. The number of nitrogens with zero attached hydrogens (tertiary/aromatic N) is 2. The molecule has 166 valence electrons. The first-order valence-electron chi connectivity index (χ1n) is 10.7. The fraction of sp³-hybridized carbons (Fsp3) is 0.185. The van der Waals surface area contributed by atoms with Crippen LogP contribution >= 0.6 is 0 Å². The Morgan fingerprint density at radius 1 is 0.939 bits per heavy atom. The van der Waals surface area contributed by atoms with Crippen molar-refractivity contribution < 1.29 is 19.0 Å². The summed E-state index contributed by atoms with van der Waals surface area (Å²) in [6.45, 7) is 3.94. The van der Waals surface area contributed by atoms with Crippen LogP contribution in [0.1, 0.15) is 30.7 Å². The van der Waals surface area contributed by atoms with E-state index in [4.69, 9.17) is 14.2 Å². The zero-order valence-corrected chi connectivity index (χ0v) is 18.7. The molecule has 0 fully saturated rings. The lowest BCUT2D eigenvalue weighted by molar-refractivity contribution is -0.125. The summed E-state index contributed by atoms with van der Waals surface area (Å²) in [6, 6.07) is 20.9. The highest BCUT2D eigenvalue weighted by molar-refractivity contribution is 6.32. The van der Waals surface area contributed by atoms with Gasteiger partial charge in [-0.3, -0.25) is 4.79 Å². The Balaban J connectivity index is 1.39. The van der Waals surface area contributed by atoms with Crippen LogP contribution < -0.4 is 9.47 Å². The predicted octanol–water partition coefficient (Wildman–Crippen LogP) is 5.17. The van der Waals surface area contributed by atoms with Crippen LogP contribution in [0.15, 0.2) is 79.1 Å². The van der Waals surface area contributed by atoms with E-state index in [2.05, 4.69) is 4.98 Å². The van der Waals surface area contributed by atoms with E-state index in [0.29, 0.717) is 23.7 Å². The molecule has 3 heterocycles. The number of ketones is 1. The molecule has 0 bridgehead atoms. The smallest absolute Gasteiger partial charge is 0.210 e. The number of imidazole rings is 1. The molecule has 0 unspecified atom stereocenters. The summed E-state index contributed by atoms with van der Waals surface area (Å²) >= 11 is 0. The number of aromatic nitrogens is 2. The third-order valence-corrected chi connectivity index (χ3v) is 5.65. The van der Waals surface area contributed by atoms with Crippen molar-refractivity contribution in [2.24, 2.45) is 0 Å². The Labute approximate surface area is 192 Å². The molecule has 0 saturated carbocycles. The average molecular weight is 440 g/mol. The van der Waals surface area contributed by atoms with Crippen molar-refractivity contribution in [2.75, 3.05) is 7.11 Å². The third-order valence-electron chi connectivity index (χ3n) is 5.65. The predicted molar refractivity (Wildman–Crippen MR) is 126 cm³/mol. The number of hydrogen-bond acceptors (Lipinski definition) is 5. The van der Waals surface area contributed by atoms with E-state index in [-0.39, 0.29) is 5.78 Å². The van der Waals surface area contributed by atoms with Crippen molar-refractivity contribution in [3.05, 3.63) is 95.9 Å². The van der Waals surface area contributed by atoms with E-state index in [1.807, 2.05) is 83.5 Å². The second kappa shape index (κ2) is 8.13. The summed E-state index contributed by atoms with van der Waals surface area (Å²) < 4.78 is 19.2. The first kappa shape index (κ1) is 20.8.